The van der Waals surface area contributed by atoms with Crippen molar-refractivity contribution in [1.82, 2.24) is 14.9 Å². The first-order chi connectivity index (χ1) is 14.2. The highest BCUT2D eigenvalue weighted by atomic mass is 16.5. The zero-order chi connectivity index (χ0) is 19.8. The van der Waals surface area contributed by atoms with Gasteiger partial charge in [-0.25, -0.2) is 0 Å². The summed E-state index contributed by atoms with van der Waals surface area (Å²) in [6, 6.07) is 13.1. The van der Waals surface area contributed by atoms with Crippen molar-refractivity contribution in [1.29, 1.82) is 0 Å². The zero-order valence-electron chi connectivity index (χ0n) is 16.1. The molecule has 6 heteroatoms. The number of hydrogen-bond acceptors (Lipinski definition) is 5. The lowest BCUT2D eigenvalue weighted by atomic mass is 10.0. The average Bonchev–Trinajstić information content (AvgIpc) is 3.11. The summed E-state index contributed by atoms with van der Waals surface area (Å²) in [5.41, 5.74) is 4.63. The van der Waals surface area contributed by atoms with Crippen LogP contribution in [-0.2, 0) is 19.6 Å². The van der Waals surface area contributed by atoms with E-state index in [2.05, 4.69) is 10.3 Å². The number of furan rings is 1. The van der Waals surface area contributed by atoms with E-state index in [1.165, 1.54) is 11.6 Å². The number of fused-ring (bicyclic) bond motifs is 3. The molecule has 0 radical (unpaired) electrons. The van der Waals surface area contributed by atoms with Crippen molar-refractivity contribution in [2.75, 3.05) is 6.54 Å². The van der Waals surface area contributed by atoms with Crippen LogP contribution >= 0.6 is 0 Å². The maximum absolute atomic E-state index is 12.7. The molecule has 4 aromatic rings. The number of aryl methyl sites for hydroxylation is 1. The van der Waals surface area contributed by atoms with Gasteiger partial charge in [0.2, 0.25) is 0 Å². The Kier molecular flexibility index (Phi) is 4.41. The maximum atomic E-state index is 12.7. The van der Waals surface area contributed by atoms with E-state index in [1.54, 1.807) is 23.0 Å². The standard InChI is InChI=1S/C23H21N3O3/c1-15-2-3-16(12-25-15)14-28-18-7-9-26(23(27)11-18)17-4-5-19-20-6-8-24-13-22(20)29-21(19)10-17/h2-5,7,9-12,24H,6,8,13-14H2,1H3. The van der Waals surface area contributed by atoms with Crippen molar-refractivity contribution in [2.45, 2.75) is 26.5 Å². The van der Waals surface area contributed by atoms with E-state index in [0.717, 1.165) is 53.2 Å². The Morgan fingerprint density at radius 2 is 2.14 bits per heavy atom. The number of hydrogen-bond donors (Lipinski definition) is 1. The molecule has 0 aliphatic carbocycles. The zero-order valence-corrected chi connectivity index (χ0v) is 16.1. The highest BCUT2D eigenvalue weighted by Crippen LogP contribution is 2.29. The van der Waals surface area contributed by atoms with E-state index >= 15 is 0 Å². The molecule has 1 aliphatic rings. The van der Waals surface area contributed by atoms with Crippen molar-refractivity contribution >= 4 is 11.0 Å². The van der Waals surface area contributed by atoms with E-state index in [0.29, 0.717) is 12.4 Å². The van der Waals surface area contributed by atoms with Gasteiger partial charge in [0, 0.05) is 46.7 Å². The molecule has 4 heterocycles. The summed E-state index contributed by atoms with van der Waals surface area (Å²) in [6.45, 7) is 4.02. The van der Waals surface area contributed by atoms with E-state index in [1.807, 2.05) is 37.3 Å². The summed E-state index contributed by atoms with van der Waals surface area (Å²) in [5, 5.41) is 4.45. The van der Waals surface area contributed by atoms with Gasteiger partial charge in [0.1, 0.15) is 23.7 Å². The molecule has 0 saturated heterocycles. The van der Waals surface area contributed by atoms with Crippen LogP contribution in [0.25, 0.3) is 16.7 Å². The van der Waals surface area contributed by atoms with Crippen LogP contribution in [-0.4, -0.2) is 16.1 Å². The predicted molar refractivity (Wildman–Crippen MR) is 111 cm³/mol. The molecule has 3 aromatic heterocycles. The van der Waals surface area contributed by atoms with E-state index in [4.69, 9.17) is 9.15 Å². The molecular formula is C23H21N3O3. The first kappa shape index (κ1) is 17.7. The van der Waals surface area contributed by atoms with Crippen LogP contribution in [0.15, 0.2) is 64.1 Å². The van der Waals surface area contributed by atoms with Crippen LogP contribution in [0.3, 0.4) is 0 Å². The van der Waals surface area contributed by atoms with E-state index < -0.39 is 0 Å². The van der Waals surface area contributed by atoms with Gasteiger partial charge >= 0.3 is 0 Å². The highest BCUT2D eigenvalue weighted by Gasteiger charge is 2.17. The predicted octanol–water partition coefficient (Wildman–Crippen LogP) is 3.51. The summed E-state index contributed by atoms with van der Waals surface area (Å²) >= 11 is 0. The minimum absolute atomic E-state index is 0.151. The Hall–Kier alpha value is -3.38. The Morgan fingerprint density at radius 1 is 1.21 bits per heavy atom. The third-order valence-electron chi connectivity index (χ3n) is 5.24. The SMILES string of the molecule is Cc1ccc(COc2ccn(-c3ccc4c5c(oc4c3)CNCC5)c(=O)c2)cn1. The number of nitrogens with one attached hydrogen (secondary N) is 1. The van der Waals surface area contributed by atoms with Gasteiger partial charge in [0.15, 0.2) is 0 Å². The fourth-order valence-electron chi connectivity index (χ4n) is 3.69. The average molecular weight is 387 g/mol. The Morgan fingerprint density at radius 3 is 2.97 bits per heavy atom. The maximum Gasteiger partial charge on any atom is 0.258 e. The lowest BCUT2D eigenvalue weighted by molar-refractivity contribution is 0.304. The minimum atomic E-state index is -0.151. The molecule has 0 unspecified atom stereocenters. The van der Waals surface area contributed by atoms with Crippen LogP contribution in [0.4, 0.5) is 0 Å². The molecule has 0 amide bonds. The molecule has 6 nitrogen and oxygen atoms in total. The molecule has 5 rings (SSSR count). The summed E-state index contributed by atoms with van der Waals surface area (Å²) in [6.07, 6.45) is 4.48. The molecule has 146 valence electrons. The van der Waals surface area contributed by atoms with Gasteiger partial charge < -0.3 is 14.5 Å². The summed E-state index contributed by atoms with van der Waals surface area (Å²) < 4.78 is 13.4. The lowest BCUT2D eigenvalue weighted by Gasteiger charge is -2.10. The number of aromatic nitrogens is 2. The summed E-state index contributed by atoms with van der Waals surface area (Å²) in [5.74, 6) is 1.53. The molecule has 1 aromatic carbocycles. The fourth-order valence-corrected chi connectivity index (χ4v) is 3.69. The van der Waals surface area contributed by atoms with Crippen molar-refractivity contribution in [3.8, 4) is 11.4 Å². The van der Waals surface area contributed by atoms with Crippen LogP contribution in [0.1, 0.15) is 22.6 Å². The molecule has 0 atom stereocenters. The topological polar surface area (TPSA) is 69.3 Å². The normalized spacial score (nSPS) is 13.4. The molecule has 1 N–H and O–H groups in total. The number of nitrogens with zero attached hydrogens (tertiary/aromatic N) is 2. The third kappa shape index (κ3) is 3.43. The fraction of sp³-hybridized carbons (Fsp3) is 0.217. The molecule has 0 spiro atoms. The summed E-state index contributed by atoms with van der Waals surface area (Å²) in [7, 11) is 0. The largest absolute Gasteiger partial charge is 0.489 e. The number of benzene rings is 1. The molecule has 0 bridgehead atoms. The minimum Gasteiger partial charge on any atom is -0.489 e. The van der Waals surface area contributed by atoms with Crippen LogP contribution in [0.2, 0.25) is 0 Å². The molecule has 0 saturated carbocycles. The Bertz CT molecular complexity index is 1240. The van der Waals surface area contributed by atoms with Crippen LogP contribution in [0, 0.1) is 6.92 Å². The quantitative estimate of drug-likeness (QED) is 0.580. The molecule has 29 heavy (non-hydrogen) atoms. The Balaban J connectivity index is 1.39. The number of pyridine rings is 2. The van der Waals surface area contributed by atoms with Gasteiger partial charge in [-0.3, -0.25) is 14.3 Å². The molecule has 0 fully saturated rings. The van der Waals surface area contributed by atoms with Crippen molar-refractivity contribution in [3.63, 3.8) is 0 Å². The first-order valence-corrected chi connectivity index (χ1v) is 9.70. The monoisotopic (exact) mass is 387 g/mol. The number of ether oxygens (including phenoxy) is 1. The second-order valence-corrected chi connectivity index (χ2v) is 7.28. The van der Waals surface area contributed by atoms with Gasteiger partial charge in [-0.2, -0.15) is 0 Å². The first-order valence-electron chi connectivity index (χ1n) is 9.70. The van der Waals surface area contributed by atoms with Crippen LogP contribution in [0.5, 0.6) is 5.75 Å². The second kappa shape index (κ2) is 7.22. The van der Waals surface area contributed by atoms with Gasteiger partial charge in [-0.05, 0) is 44.2 Å². The van der Waals surface area contributed by atoms with Gasteiger partial charge in [0.05, 0.1) is 12.2 Å². The van der Waals surface area contributed by atoms with Gasteiger partial charge in [0.25, 0.3) is 5.56 Å². The van der Waals surface area contributed by atoms with Crippen LogP contribution < -0.4 is 15.6 Å². The van der Waals surface area contributed by atoms with Gasteiger partial charge in [-0.1, -0.05) is 6.07 Å². The summed E-state index contributed by atoms with van der Waals surface area (Å²) in [4.78, 5) is 16.9. The Labute approximate surface area is 167 Å². The van der Waals surface area contributed by atoms with Crippen molar-refractivity contribution < 1.29 is 9.15 Å². The number of rotatable bonds is 4. The smallest absolute Gasteiger partial charge is 0.258 e. The molecular weight excluding hydrogens is 366 g/mol. The van der Waals surface area contributed by atoms with Gasteiger partial charge in [-0.15, -0.1) is 0 Å². The van der Waals surface area contributed by atoms with E-state index in [-0.39, 0.29) is 5.56 Å². The molecule has 1 aliphatic heterocycles. The van der Waals surface area contributed by atoms with Crippen molar-refractivity contribution in [2.24, 2.45) is 0 Å². The van der Waals surface area contributed by atoms with E-state index in [9.17, 15) is 4.79 Å². The third-order valence-corrected chi connectivity index (χ3v) is 5.24. The second-order valence-electron chi connectivity index (χ2n) is 7.28. The van der Waals surface area contributed by atoms with Crippen molar-refractivity contribution in [3.05, 3.63) is 87.8 Å². The highest BCUT2D eigenvalue weighted by molar-refractivity contribution is 5.84. The lowest BCUT2D eigenvalue weighted by Crippen LogP contribution is -2.22.